The first kappa shape index (κ1) is 19.0. The van der Waals surface area contributed by atoms with Crippen LogP contribution >= 0.6 is 23.1 Å². The lowest BCUT2D eigenvalue weighted by Gasteiger charge is -2.27. The summed E-state index contributed by atoms with van der Waals surface area (Å²) in [6.45, 7) is 6.59. The van der Waals surface area contributed by atoms with Crippen molar-refractivity contribution in [3.63, 3.8) is 0 Å². The Morgan fingerprint density at radius 1 is 1.33 bits per heavy atom. The van der Waals surface area contributed by atoms with Crippen molar-refractivity contribution in [3.8, 4) is 0 Å². The van der Waals surface area contributed by atoms with Gasteiger partial charge in [-0.1, -0.05) is 26.0 Å². The fourth-order valence-corrected chi connectivity index (χ4v) is 3.92. The van der Waals surface area contributed by atoms with Crippen LogP contribution in [0.15, 0.2) is 34.5 Å². The molecule has 0 saturated carbocycles. The molecule has 0 fully saturated rings. The summed E-state index contributed by atoms with van der Waals surface area (Å²) in [6, 6.07) is 7.69. The molecule has 2 aromatic rings. The number of carbonyl (C=O) groups is 1. The summed E-state index contributed by atoms with van der Waals surface area (Å²) in [4.78, 5) is 18.0. The molecule has 4 nitrogen and oxygen atoms in total. The van der Waals surface area contributed by atoms with Crippen LogP contribution in [0.2, 0.25) is 0 Å². The minimum absolute atomic E-state index is 0.0655. The number of thiazole rings is 1. The van der Waals surface area contributed by atoms with Crippen molar-refractivity contribution in [1.82, 2.24) is 10.3 Å². The number of hydrogen-bond donors (Lipinski definition) is 2. The van der Waals surface area contributed by atoms with E-state index in [1.54, 1.807) is 23.1 Å². The molecule has 130 valence electrons. The molecule has 0 aliphatic carbocycles. The van der Waals surface area contributed by atoms with Crippen molar-refractivity contribution in [3.05, 3.63) is 45.9 Å². The van der Waals surface area contributed by atoms with Crippen LogP contribution in [0.5, 0.6) is 0 Å². The van der Waals surface area contributed by atoms with Crippen LogP contribution in [-0.4, -0.2) is 23.0 Å². The van der Waals surface area contributed by atoms with E-state index in [-0.39, 0.29) is 11.4 Å². The van der Waals surface area contributed by atoms with Crippen LogP contribution in [-0.2, 0) is 5.75 Å². The third-order valence-electron chi connectivity index (χ3n) is 4.18. The third-order valence-corrected chi connectivity index (χ3v) is 6.11. The molecule has 3 N–H and O–H groups in total. The monoisotopic (exact) mass is 363 g/mol. The normalized spacial score (nSPS) is 11.5. The lowest BCUT2D eigenvalue weighted by atomic mass is 9.94. The lowest BCUT2D eigenvalue weighted by Crippen LogP contribution is -2.49. The second kappa shape index (κ2) is 8.65. The molecule has 1 amide bonds. The van der Waals surface area contributed by atoms with Crippen molar-refractivity contribution in [1.29, 1.82) is 0 Å². The summed E-state index contributed by atoms with van der Waals surface area (Å²) in [5.74, 6) is 0.698. The van der Waals surface area contributed by atoms with Crippen molar-refractivity contribution < 1.29 is 4.79 Å². The summed E-state index contributed by atoms with van der Waals surface area (Å²) in [7, 11) is 0. The number of rotatable bonds is 8. The van der Waals surface area contributed by atoms with Gasteiger partial charge in [0, 0.05) is 28.1 Å². The second-order valence-corrected chi connectivity index (χ2v) is 7.97. The molecule has 1 heterocycles. The summed E-state index contributed by atoms with van der Waals surface area (Å²) >= 11 is 3.29. The first-order chi connectivity index (χ1) is 11.5. The Morgan fingerprint density at radius 2 is 2.04 bits per heavy atom. The Balaban J connectivity index is 2.03. The molecule has 0 spiro atoms. The minimum Gasteiger partial charge on any atom is -0.350 e. The molecule has 0 unspecified atom stereocenters. The van der Waals surface area contributed by atoms with Gasteiger partial charge in [-0.15, -0.1) is 23.1 Å². The highest BCUT2D eigenvalue weighted by molar-refractivity contribution is 7.98. The Bertz CT molecular complexity index is 680. The van der Waals surface area contributed by atoms with Gasteiger partial charge in [0.05, 0.1) is 16.3 Å². The molecule has 0 bridgehead atoms. The number of nitrogens with two attached hydrogens (primary N) is 1. The van der Waals surface area contributed by atoms with Crippen molar-refractivity contribution in [2.24, 2.45) is 5.73 Å². The minimum atomic E-state index is -0.337. The van der Waals surface area contributed by atoms with E-state index in [1.807, 2.05) is 31.2 Å². The van der Waals surface area contributed by atoms with Gasteiger partial charge < -0.3 is 11.1 Å². The predicted octanol–water partition coefficient (Wildman–Crippen LogP) is 3.99. The van der Waals surface area contributed by atoms with Gasteiger partial charge in [-0.2, -0.15) is 0 Å². The Labute approximate surface area is 152 Å². The standard InChI is InChI=1S/C18H25N3OS2/c1-4-18(19,5-2)12-20-17(22)15-8-6-7-9-16(15)24-11-14-10-23-13(3)21-14/h6-10H,4-5,11-12,19H2,1-3H3,(H,20,22). The van der Waals surface area contributed by atoms with Crippen LogP contribution < -0.4 is 11.1 Å². The quantitative estimate of drug-likeness (QED) is 0.696. The molecular formula is C18H25N3OS2. The smallest absolute Gasteiger partial charge is 0.252 e. The van der Waals surface area contributed by atoms with E-state index in [2.05, 4.69) is 29.5 Å². The first-order valence-electron chi connectivity index (χ1n) is 8.17. The van der Waals surface area contributed by atoms with E-state index in [0.29, 0.717) is 12.1 Å². The summed E-state index contributed by atoms with van der Waals surface area (Å²) < 4.78 is 0. The van der Waals surface area contributed by atoms with Gasteiger partial charge in [0.2, 0.25) is 0 Å². The molecule has 0 aliphatic heterocycles. The van der Waals surface area contributed by atoms with Crippen molar-refractivity contribution >= 4 is 29.0 Å². The number of carbonyl (C=O) groups excluding carboxylic acids is 1. The van der Waals surface area contributed by atoms with Crippen molar-refractivity contribution in [2.75, 3.05) is 6.54 Å². The van der Waals surface area contributed by atoms with Gasteiger partial charge in [-0.25, -0.2) is 4.98 Å². The number of benzene rings is 1. The van der Waals surface area contributed by atoms with E-state index < -0.39 is 0 Å². The Kier molecular flexibility index (Phi) is 6.83. The zero-order valence-electron chi connectivity index (χ0n) is 14.5. The van der Waals surface area contributed by atoms with E-state index in [0.717, 1.165) is 34.2 Å². The van der Waals surface area contributed by atoms with Gasteiger partial charge in [-0.05, 0) is 31.9 Å². The summed E-state index contributed by atoms with van der Waals surface area (Å²) in [5.41, 5.74) is 7.68. The molecule has 0 aliphatic rings. The van der Waals surface area contributed by atoms with Gasteiger partial charge in [0.15, 0.2) is 0 Å². The summed E-state index contributed by atoms with van der Waals surface area (Å²) in [6.07, 6.45) is 1.67. The van der Waals surface area contributed by atoms with Crippen LogP contribution in [0.4, 0.5) is 0 Å². The van der Waals surface area contributed by atoms with E-state index in [9.17, 15) is 4.79 Å². The third kappa shape index (κ3) is 5.06. The molecule has 1 aromatic carbocycles. The van der Waals surface area contributed by atoms with Crippen LogP contribution in [0, 0.1) is 6.92 Å². The molecule has 24 heavy (non-hydrogen) atoms. The highest BCUT2D eigenvalue weighted by Gasteiger charge is 2.22. The maximum Gasteiger partial charge on any atom is 0.252 e. The SMILES string of the molecule is CCC(N)(CC)CNC(=O)c1ccccc1SCc1csc(C)n1. The fourth-order valence-electron chi connectivity index (χ4n) is 2.26. The van der Waals surface area contributed by atoms with Gasteiger partial charge >= 0.3 is 0 Å². The fraction of sp³-hybridized carbons (Fsp3) is 0.444. The zero-order chi connectivity index (χ0) is 17.6. The molecule has 0 atom stereocenters. The van der Waals surface area contributed by atoms with E-state index in [4.69, 9.17) is 5.73 Å². The number of aryl methyl sites for hydroxylation is 1. The number of nitrogens with zero attached hydrogens (tertiary/aromatic N) is 1. The number of nitrogens with one attached hydrogen (secondary N) is 1. The summed E-state index contributed by atoms with van der Waals surface area (Å²) in [5, 5.41) is 6.12. The number of amides is 1. The lowest BCUT2D eigenvalue weighted by molar-refractivity contribution is 0.0939. The predicted molar refractivity (Wildman–Crippen MR) is 103 cm³/mol. The number of aromatic nitrogens is 1. The van der Waals surface area contributed by atoms with Gasteiger partial charge in [0.1, 0.15) is 0 Å². The topological polar surface area (TPSA) is 68.0 Å². The maximum atomic E-state index is 12.6. The highest BCUT2D eigenvalue weighted by atomic mass is 32.2. The van der Waals surface area contributed by atoms with Gasteiger partial charge in [0.25, 0.3) is 5.91 Å². The van der Waals surface area contributed by atoms with Gasteiger partial charge in [-0.3, -0.25) is 4.79 Å². The number of thioether (sulfide) groups is 1. The second-order valence-electron chi connectivity index (χ2n) is 5.89. The average Bonchev–Trinajstić information content (AvgIpc) is 3.03. The Morgan fingerprint density at radius 3 is 2.67 bits per heavy atom. The largest absolute Gasteiger partial charge is 0.350 e. The first-order valence-corrected chi connectivity index (χ1v) is 10.0. The molecule has 1 aromatic heterocycles. The van der Waals surface area contributed by atoms with Crippen molar-refractivity contribution in [2.45, 2.75) is 49.8 Å². The molecule has 0 saturated heterocycles. The zero-order valence-corrected chi connectivity index (χ0v) is 16.1. The molecule has 6 heteroatoms. The number of hydrogen-bond acceptors (Lipinski definition) is 5. The van der Waals surface area contributed by atoms with Crippen LogP contribution in [0.1, 0.15) is 47.7 Å². The Hall–Kier alpha value is -1.37. The van der Waals surface area contributed by atoms with E-state index in [1.165, 1.54) is 0 Å². The van der Waals surface area contributed by atoms with E-state index >= 15 is 0 Å². The van der Waals surface area contributed by atoms with Crippen LogP contribution in [0.25, 0.3) is 0 Å². The average molecular weight is 364 g/mol. The molecular weight excluding hydrogens is 338 g/mol. The molecule has 2 rings (SSSR count). The highest BCUT2D eigenvalue weighted by Crippen LogP contribution is 2.27. The maximum absolute atomic E-state index is 12.6. The molecule has 0 radical (unpaired) electrons. The van der Waals surface area contributed by atoms with Crippen LogP contribution in [0.3, 0.4) is 0 Å².